The van der Waals surface area contributed by atoms with E-state index in [4.69, 9.17) is 10.5 Å². The number of hydrogen-bond donors (Lipinski definition) is 3. The first-order valence-corrected chi connectivity index (χ1v) is 8.54. The molecule has 25 heavy (non-hydrogen) atoms. The fourth-order valence-electron chi connectivity index (χ4n) is 2.99. The number of ether oxygens (including phenoxy) is 1. The van der Waals surface area contributed by atoms with Gasteiger partial charge in [0.1, 0.15) is 5.75 Å². The van der Waals surface area contributed by atoms with Crippen LogP contribution in [0.15, 0.2) is 18.2 Å². The van der Waals surface area contributed by atoms with Crippen molar-refractivity contribution in [1.29, 1.82) is 0 Å². The number of carbonyl (C=O) groups is 2. The van der Waals surface area contributed by atoms with Gasteiger partial charge in [0.25, 0.3) is 0 Å². The molecule has 1 unspecified atom stereocenters. The lowest BCUT2D eigenvalue weighted by Gasteiger charge is -2.21. The maximum Gasteiger partial charge on any atom is 0.227 e. The zero-order valence-corrected chi connectivity index (χ0v) is 15.7. The van der Waals surface area contributed by atoms with E-state index in [1.807, 2.05) is 0 Å². The van der Waals surface area contributed by atoms with Crippen LogP contribution in [0.5, 0.6) is 5.75 Å². The quantitative estimate of drug-likeness (QED) is 0.717. The number of rotatable bonds is 6. The van der Waals surface area contributed by atoms with Crippen molar-refractivity contribution in [2.24, 2.45) is 11.7 Å². The fraction of sp³-hybridized carbons (Fsp3) is 0.556. The second kappa shape index (κ2) is 10.3. The monoisotopic (exact) mass is 369 g/mol. The molecule has 1 aliphatic carbocycles. The Morgan fingerprint density at radius 1 is 1.24 bits per heavy atom. The molecule has 1 aromatic carbocycles. The van der Waals surface area contributed by atoms with Gasteiger partial charge in [-0.25, -0.2) is 0 Å². The van der Waals surface area contributed by atoms with E-state index in [0.717, 1.165) is 25.7 Å². The third kappa shape index (κ3) is 6.55. The van der Waals surface area contributed by atoms with Crippen LogP contribution in [0.3, 0.4) is 0 Å². The first-order chi connectivity index (χ1) is 11.5. The molecule has 0 saturated heterocycles. The van der Waals surface area contributed by atoms with Crippen LogP contribution in [-0.2, 0) is 9.59 Å². The van der Waals surface area contributed by atoms with Crippen LogP contribution < -0.4 is 21.1 Å². The smallest absolute Gasteiger partial charge is 0.227 e. The van der Waals surface area contributed by atoms with E-state index in [-0.39, 0.29) is 42.6 Å². The molecule has 0 aromatic heterocycles. The lowest BCUT2D eigenvalue weighted by Crippen LogP contribution is -2.25. The molecule has 0 radical (unpaired) electrons. The second-order valence-corrected chi connectivity index (χ2v) is 6.47. The fourth-order valence-corrected chi connectivity index (χ4v) is 2.99. The summed E-state index contributed by atoms with van der Waals surface area (Å²) in [5.41, 5.74) is 6.82. The van der Waals surface area contributed by atoms with Crippen LogP contribution in [0.1, 0.15) is 45.4 Å². The number of amides is 2. The standard InChI is InChI=1S/C18H27N3O3.ClH/c1-12(19)10-17(22)20-14-8-9-16(24-2)15(11-14)21-18(23)13-6-4-3-5-7-13;/h8-9,11-13H,3-7,10,19H2,1-2H3,(H,20,22)(H,21,23);1H. The van der Waals surface area contributed by atoms with E-state index in [9.17, 15) is 9.59 Å². The third-order valence-electron chi connectivity index (χ3n) is 4.22. The van der Waals surface area contributed by atoms with Crippen LogP contribution in [0.4, 0.5) is 11.4 Å². The molecule has 0 spiro atoms. The molecular formula is C18H28ClN3O3. The largest absolute Gasteiger partial charge is 0.495 e. The lowest BCUT2D eigenvalue weighted by molar-refractivity contribution is -0.120. The normalized spacial score (nSPS) is 15.6. The molecule has 4 N–H and O–H groups in total. The predicted octanol–water partition coefficient (Wildman–Crippen LogP) is 3.31. The summed E-state index contributed by atoms with van der Waals surface area (Å²) in [7, 11) is 1.56. The van der Waals surface area contributed by atoms with Gasteiger partial charge in [-0.05, 0) is 38.0 Å². The molecule has 1 atom stereocenters. The van der Waals surface area contributed by atoms with Crippen molar-refractivity contribution in [2.45, 2.75) is 51.5 Å². The van der Waals surface area contributed by atoms with Crippen molar-refractivity contribution >= 4 is 35.6 Å². The average Bonchev–Trinajstić information content (AvgIpc) is 2.55. The number of nitrogens with two attached hydrogens (primary N) is 1. The molecule has 0 heterocycles. The number of carbonyl (C=O) groups excluding carboxylic acids is 2. The summed E-state index contributed by atoms with van der Waals surface area (Å²) in [6.07, 6.45) is 5.51. The molecule has 2 amide bonds. The maximum atomic E-state index is 12.4. The summed E-state index contributed by atoms with van der Waals surface area (Å²) in [5.74, 6) is 0.496. The Morgan fingerprint density at radius 3 is 2.52 bits per heavy atom. The Bertz CT molecular complexity index is 587. The van der Waals surface area contributed by atoms with E-state index in [2.05, 4.69) is 10.6 Å². The number of halogens is 1. The van der Waals surface area contributed by atoms with E-state index in [1.165, 1.54) is 6.42 Å². The highest BCUT2D eigenvalue weighted by Crippen LogP contribution is 2.30. The summed E-state index contributed by atoms with van der Waals surface area (Å²) >= 11 is 0. The highest BCUT2D eigenvalue weighted by Gasteiger charge is 2.22. The number of anilines is 2. The minimum absolute atomic E-state index is 0. The van der Waals surface area contributed by atoms with Gasteiger partial charge in [0.15, 0.2) is 0 Å². The van der Waals surface area contributed by atoms with Crippen molar-refractivity contribution in [3.8, 4) is 5.75 Å². The first kappa shape index (κ1) is 21.3. The minimum atomic E-state index is -0.200. The zero-order valence-electron chi connectivity index (χ0n) is 14.8. The van der Waals surface area contributed by atoms with Crippen molar-refractivity contribution in [3.63, 3.8) is 0 Å². The highest BCUT2D eigenvalue weighted by molar-refractivity contribution is 5.96. The average molecular weight is 370 g/mol. The summed E-state index contributed by atoms with van der Waals surface area (Å²) < 4.78 is 5.31. The molecule has 0 bridgehead atoms. The van der Waals surface area contributed by atoms with Gasteiger partial charge in [-0.15, -0.1) is 12.4 Å². The van der Waals surface area contributed by atoms with Gasteiger partial charge in [0.05, 0.1) is 12.8 Å². The van der Waals surface area contributed by atoms with E-state index in [1.54, 1.807) is 32.2 Å². The molecule has 7 heteroatoms. The van der Waals surface area contributed by atoms with Gasteiger partial charge in [-0.3, -0.25) is 9.59 Å². The number of hydrogen-bond acceptors (Lipinski definition) is 4. The topological polar surface area (TPSA) is 93.4 Å². The molecule has 2 rings (SSSR count). The van der Waals surface area contributed by atoms with E-state index in [0.29, 0.717) is 17.1 Å². The van der Waals surface area contributed by atoms with Crippen molar-refractivity contribution < 1.29 is 14.3 Å². The molecule has 1 aromatic rings. The Kier molecular flexibility index (Phi) is 8.72. The van der Waals surface area contributed by atoms with Crippen LogP contribution >= 0.6 is 12.4 Å². The molecule has 1 aliphatic rings. The Labute approximate surface area is 155 Å². The SMILES string of the molecule is COc1ccc(NC(=O)CC(C)N)cc1NC(=O)C1CCCCC1.Cl. The minimum Gasteiger partial charge on any atom is -0.495 e. The molecule has 0 aliphatic heterocycles. The Morgan fingerprint density at radius 2 is 1.92 bits per heavy atom. The summed E-state index contributed by atoms with van der Waals surface area (Å²) in [4.78, 5) is 24.3. The van der Waals surface area contributed by atoms with Gasteiger partial charge in [-0.2, -0.15) is 0 Å². The van der Waals surface area contributed by atoms with Gasteiger partial charge >= 0.3 is 0 Å². The predicted molar refractivity (Wildman–Crippen MR) is 102 cm³/mol. The van der Waals surface area contributed by atoms with Crippen LogP contribution in [0.25, 0.3) is 0 Å². The Balaban J connectivity index is 0.00000312. The van der Waals surface area contributed by atoms with Gasteiger partial charge in [0, 0.05) is 24.1 Å². The molecule has 6 nitrogen and oxygen atoms in total. The van der Waals surface area contributed by atoms with Crippen LogP contribution in [-0.4, -0.2) is 25.0 Å². The molecule has 1 fully saturated rings. The summed E-state index contributed by atoms with van der Waals surface area (Å²) in [5, 5.41) is 5.74. The second-order valence-electron chi connectivity index (χ2n) is 6.47. The molecular weight excluding hydrogens is 342 g/mol. The molecule has 1 saturated carbocycles. The number of methoxy groups -OCH3 is 1. The lowest BCUT2D eigenvalue weighted by atomic mass is 9.88. The van der Waals surface area contributed by atoms with Gasteiger partial charge in [0.2, 0.25) is 11.8 Å². The third-order valence-corrected chi connectivity index (χ3v) is 4.22. The zero-order chi connectivity index (χ0) is 17.5. The summed E-state index contributed by atoms with van der Waals surface area (Å²) in [6.45, 7) is 1.78. The van der Waals surface area contributed by atoms with Gasteiger partial charge < -0.3 is 21.1 Å². The first-order valence-electron chi connectivity index (χ1n) is 8.54. The number of benzene rings is 1. The maximum absolute atomic E-state index is 12.4. The molecule has 140 valence electrons. The van der Waals surface area contributed by atoms with Crippen LogP contribution in [0.2, 0.25) is 0 Å². The van der Waals surface area contributed by atoms with Crippen molar-refractivity contribution in [1.82, 2.24) is 0 Å². The summed E-state index contributed by atoms with van der Waals surface area (Å²) in [6, 6.07) is 5.00. The van der Waals surface area contributed by atoms with Crippen LogP contribution in [0, 0.1) is 5.92 Å². The highest BCUT2D eigenvalue weighted by atomic mass is 35.5. The van der Waals surface area contributed by atoms with Crippen molar-refractivity contribution in [3.05, 3.63) is 18.2 Å². The van der Waals surface area contributed by atoms with E-state index < -0.39 is 0 Å². The number of nitrogens with one attached hydrogen (secondary N) is 2. The van der Waals surface area contributed by atoms with Crippen molar-refractivity contribution in [2.75, 3.05) is 17.7 Å². The Hall–Kier alpha value is -1.79. The van der Waals surface area contributed by atoms with E-state index >= 15 is 0 Å². The van der Waals surface area contributed by atoms with Gasteiger partial charge in [-0.1, -0.05) is 19.3 Å².